The molecule has 1 saturated heterocycles. The third-order valence-electron chi connectivity index (χ3n) is 6.08. The van der Waals surface area contributed by atoms with Crippen LogP contribution in [0.15, 0.2) is 101 Å². The molecule has 0 spiro atoms. The summed E-state index contributed by atoms with van der Waals surface area (Å²) in [4.78, 5) is 31.6. The van der Waals surface area contributed by atoms with E-state index in [0.29, 0.717) is 29.2 Å². The van der Waals surface area contributed by atoms with E-state index in [9.17, 15) is 14.7 Å². The molecule has 0 bridgehead atoms. The van der Waals surface area contributed by atoms with Crippen LogP contribution in [0.25, 0.3) is 5.76 Å². The predicted octanol–water partition coefficient (Wildman–Crippen LogP) is 5.18. The summed E-state index contributed by atoms with van der Waals surface area (Å²) in [5, 5.41) is 11.2. The molecule has 0 unspecified atom stereocenters. The minimum absolute atomic E-state index is 0.0196. The first-order valence-corrected chi connectivity index (χ1v) is 11.5. The van der Waals surface area contributed by atoms with Gasteiger partial charge in [0.2, 0.25) is 0 Å². The highest BCUT2D eigenvalue weighted by Gasteiger charge is 2.46. The van der Waals surface area contributed by atoms with Gasteiger partial charge in [-0.15, -0.1) is 0 Å². The molecule has 180 valence electrons. The fraction of sp³-hybridized carbons (Fsp3) is 0.138. The van der Waals surface area contributed by atoms with Crippen LogP contribution >= 0.6 is 0 Å². The molecule has 1 atom stereocenters. The Kier molecular flexibility index (Phi) is 6.36. The SMILES string of the molecule is Cc1cccc(COc2ccc(/C(O)=C3\C(=O)C(=O)N(Cc4ccco4)[C@@H]3c3ccncc3)cc2)c1. The van der Waals surface area contributed by atoms with Crippen LogP contribution in [-0.2, 0) is 22.7 Å². The number of amides is 1. The van der Waals surface area contributed by atoms with Crippen LogP contribution in [0.5, 0.6) is 5.75 Å². The van der Waals surface area contributed by atoms with Crippen molar-refractivity contribution >= 4 is 17.4 Å². The molecule has 2 aromatic heterocycles. The number of aliphatic hydroxyl groups is 1. The largest absolute Gasteiger partial charge is 0.507 e. The zero-order chi connectivity index (χ0) is 25.1. The van der Waals surface area contributed by atoms with Gasteiger partial charge in [-0.3, -0.25) is 14.6 Å². The molecule has 36 heavy (non-hydrogen) atoms. The van der Waals surface area contributed by atoms with Gasteiger partial charge in [-0.05, 0) is 66.6 Å². The number of pyridine rings is 1. The number of aliphatic hydroxyl groups excluding tert-OH is 1. The zero-order valence-electron chi connectivity index (χ0n) is 19.6. The highest BCUT2D eigenvalue weighted by molar-refractivity contribution is 6.46. The number of carbonyl (C=O) groups excluding carboxylic acids is 2. The molecule has 1 aliphatic rings. The van der Waals surface area contributed by atoms with Crippen molar-refractivity contribution in [3.63, 3.8) is 0 Å². The fourth-order valence-electron chi connectivity index (χ4n) is 4.34. The van der Waals surface area contributed by atoms with Crippen molar-refractivity contribution in [2.75, 3.05) is 0 Å². The van der Waals surface area contributed by atoms with E-state index in [1.807, 2.05) is 25.1 Å². The maximum Gasteiger partial charge on any atom is 0.296 e. The van der Waals surface area contributed by atoms with Gasteiger partial charge >= 0.3 is 0 Å². The number of likely N-dealkylation sites (tertiary alicyclic amines) is 1. The Morgan fingerprint density at radius 2 is 1.81 bits per heavy atom. The van der Waals surface area contributed by atoms with Gasteiger partial charge in [0, 0.05) is 18.0 Å². The van der Waals surface area contributed by atoms with Gasteiger partial charge in [0.05, 0.1) is 24.4 Å². The van der Waals surface area contributed by atoms with Crippen molar-refractivity contribution < 1.29 is 23.8 Å². The lowest BCUT2D eigenvalue weighted by atomic mass is 9.96. The Bertz CT molecular complexity index is 1410. The van der Waals surface area contributed by atoms with E-state index in [1.54, 1.807) is 60.9 Å². The van der Waals surface area contributed by atoms with Crippen molar-refractivity contribution in [3.05, 3.63) is 125 Å². The van der Waals surface area contributed by atoms with Crippen LogP contribution in [0, 0.1) is 6.92 Å². The Morgan fingerprint density at radius 3 is 2.50 bits per heavy atom. The number of rotatable bonds is 7. The van der Waals surface area contributed by atoms with Gasteiger partial charge in [-0.25, -0.2) is 0 Å². The van der Waals surface area contributed by atoms with Gasteiger partial charge in [-0.1, -0.05) is 29.8 Å². The average Bonchev–Trinajstić information content (AvgIpc) is 3.50. The molecule has 5 rings (SSSR count). The molecular formula is C29H24N2O5. The number of ether oxygens (including phenoxy) is 1. The van der Waals surface area contributed by atoms with E-state index in [1.165, 1.54) is 11.2 Å². The summed E-state index contributed by atoms with van der Waals surface area (Å²) in [5.74, 6) is -0.543. The van der Waals surface area contributed by atoms with E-state index in [-0.39, 0.29) is 17.9 Å². The van der Waals surface area contributed by atoms with E-state index in [0.717, 1.165) is 11.1 Å². The summed E-state index contributed by atoms with van der Waals surface area (Å²) in [6.07, 6.45) is 4.68. The molecule has 0 aliphatic carbocycles. The standard InChI is InChI=1S/C29H24N2O5/c1-19-4-2-5-20(16-19)18-36-23-9-7-22(8-10-23)27(32)25-26(21-11-13-30-14-12-21)31(29(34)28(25)33)17-24-6-3-15-35-24/h2-16,26,32H,17-18H2,1H3/b27-25+/t26-/m1/s1. The normalized spacial score (nSPS) is 16.9. The van der Waals surface area contributed by atoms with Crippen LogP contribution < -0.4 is 4.74 Å². The molecule has 3 heterocycles. The lowest BCUT2D eigenvalue weighted by Gasteiger charge is -2.24. The van der Waals surface area contributed by atoms with Gasteiger partial charge in [0.1, 0.15) is 23.9 Å². The number of nitrogens with zero attached hydrogens (tertiary/aromatic N) is 2. The molecule has 4 aromatic rings. The molecule has 1 fully saturated rings. The van der Waals surface area contributed by atoms with Crippen molar-refractivity contribution in [2.24, 2.45) is 0 Å². The number of benzene rings is 2. The van der Waals surface area contributed by atoms with Crippen molar-refractivity contribution in [1.82, 2.24) is 9.88 Å². The third-order valence-corrected chi connectivity index (χ3v) is 6.08. The topological polar surface area (TPSA) is 92.9 Å². The van der Waals surface area contributed by atoms with Crippen molar-refractivity contribution in [2.45, 2.75) is 26.1 Å². The van der Waals surface area contributed by atoms with Gasteiger partial charge in [0.25, 0.3) is 11.7 Å². The molecular weight excluding hydrogens is 456 g/mol. The number of aromatic nitrogens is 1. The Labute approximate surface area is 208 Å². The summed E-state index contributed by atoms with van der Waals surface area (Å²) < 4.78 is 11.3. The van der Waals surface area contributed by atoms with Crippen LogP contribution in [0.3, 0.4) is 0 Å². The molecule has 1 aliphatic heterocycles. The van der Waals surface area contributed by atoms with E-state index in [4.69, 9.17) is 9.15 Å². The summed E-state index contributed by atoms with van der Waals surface area (Å²) in [5.41, 5.74) is 3.30. The molecule has 7 nitrogen and oxygen atoms in total. The Hall–Kier alpha value is -4.65. The summed E-state index contributed by atoms with van der Waals surface area (Å²) >= 11 is 0. The van der Waals surface area contributed by atoms with Gasteiger partial charge in [0.15, 0.2) is 0 Å². The van der Waals surface area contributed by atoms with E-state index >= 15 is 0 Å². The number of furan rings is 1. The first kappa shape index (κ1) is 23.1. The maximum atomic E-state index is 13.1. The number of carbonyl (C=O) groups is 2. The summed E-state index contributed by atoms with van der Waals surface area (Å²) in [6.45, 7) is 2.53. The zero-order valence-corrected chi connectivity index (χ0v) is 19.6. The number of Topliss-reactive ketones (excluding diaryl/α,β-unsaturated/α-hetero) is 1. The first-order valence-electron chi connectivity index (χ1n) is 11.5. The first-order chi connectivity index (χ1) is 17.5. The van der Waals surface area contributed by atoms with Crippen LogP contribution in [0.2, 0.25) is 0 Å². The second-order valence-corrected chi connectivity index (χ2v) is 8.59. The molecule has 0 radical (unpaired) electrons. The van der Waals surface area contributed by atoms with Crippen LogP contribution in [-0.4, -0.2) is 26.7 Å². The molecule has 2 aromatic carbocycles. The number of hydrogen-bond acceptors (Lipinski definition) is 6. The fourth-order valence-corrected chi connectivity index (χ4v) is 4.34. The third kappa shape index (κ3) is 4.63. The maximum absolute atomic E-state index is 13.1. The lowest BCUT2D eigenvalue weighted by Crippen LogP contribution is -2.29. The average molecular weight is 481 g/mol. The number of hydrogen-bond donors (Lipinski definition) is 1. The smallest absolute Gasteiger partial charge is 0.296 e. The molecule has 7 heteroatoms. The second kappa shape index (κ2) is 9.92. The summed E-state index contributed by atoms with van der Waals surface area (Å²) in [6, 6.07) is 21.0. The van der Waals surface area contributed by atoms with E-state index in [2.05, 4.69) is 11.1 Å². The highest BCUT2D eigenvalue weighted by Crippen LogP contribution is 2.40. The Morgan fingerprint density at radius 1 is 1.03 bits per heavy atom. The predicted molar refractivity (Wildman–Crippen MR) is 133 cm³/mol. The van der Waals surface area contributed by atoms with E-state index < -0.39 is 17.7 Å². The number of aryl methyl sites for hydroxylation is 1. The molecule has 1 amide bonds. The quantitative estimate of drug-likeness (QED) is 0.222. The van der Waals surface area contributed by atoms with Crippen molar-refractivity contribution in [1.29, 1.82) is 0 Å². The van der Waals surface area contributed by atoms with Crippen LogP contribution in [0.4, 0.5) is 0 Å². The highest BCUT2D eigenvalue weighted by atomic mass is 16.5. The summed E-state index contributed by atoms with van der Waals surface area (Å²) in [7, 11) is 0. The number of ketones is 1. The van der Waals surface area contributed by atoms with Crippen molar-refractivity contribution in [3.8, 4) is 5.75 Å². The van der Waals surface area contributed by atoms with Gasteiger partial charge in [-0.2, -0.15) is 0 Å². The lowest BCUT2D eigenvalue weighted by molar-refractivity contribution is -0.140. The Balaban J connectivity index is 1.45. The monoisotopic (exact) mass is 480 g/mol. The van der Waals surface area contributed by atoms with Crippen LogP contribution in [0.1, 0.15) is 34.1 Å². The minimum Gasteiger partial charge on any atom is -0.507 e. The molecule has 0 saturated carbocycles. The second-order valence-electron chi connectivity index (χ2n) is 8.59. The van der Waals surface area contributed by atoms with Gasteiger partial charge < -0.3 is 19.2 Å². The molecule has 1 N–H and O–H groups in total. The minimum atomic E-state index is -0.782.